The molecule has 0 bridgehead atoms. The molecule has 0 saturated carbocycles. The van der Waals surface area contributed by atoms with Crippen molar-refractivity contribution in [1.82, 2.24) is 0 Å². The minimum absolute atomic E-state index is 0.162. The van der Waals surface area contributed by atoms with Gasteiger partial charge in [-0.25, -0.2) is 0 Å². The molecule has 0 aliphatic heterocycles. The lowest BCUT2D eigenvalue weighted by molar-refractivity contribution is 0.294. The van der Waals surface area contributed by atoms with Crippen LogP contribution in [0, 0.1) is 0 Å². The lowest BCUT2D eigenvalue weighted by Gasteiger charge is -2.14. The lowest BCUT2D eigenvalue weighted by atomic mass is 10.1. The van der Waals surface area contributed by atoms with Gasteiger partial charge in [0.1, 0.15) is 30.5 Å². The van der Waals surface area contributed by atoms with E-state index in [1.807, 2.05) is 49.4 Å². The second-order valence-corrected chi connectivity index (χ2v) is 8.15. The third-order valence-corrected chi connectivity index (χ3v) is 5.30. The first-order chi connectivity index (χ1) is 18.1. The summed E-state index contributed by atoms with van der Waals surface area (Å²) in [7, 11) is 0. The summed E-state index contributed by atoms with van der Waals surface area (Å²) < 4.78 is 17.9. The molecule has 0 aromatic heterocycles. The van der Waals surface area contributed by atoms with Crippen molar-refractivity contribution in [2.24, 2.45) is 21.7 Å². The summed E-state index contributed by atoms with van der Waals surface area (Å²) in [6, 6.07) is 17.0. The number of ether oxygens (including phenoxy) is 3. The minimum Gasteiger partial charge on any atom is -0.494 e. The Morgan fingerprint density at radius 1 is 0.595 bits per heavy atom. The third kappa shape index (κ3) is 8.64. The van der Waals surface area contributed by atoms with Crippen molar-refractivity contribution in [3.8, 4) is 17.2 Å². The number of nitrogens with two attached hydrogens (primary N) is 2. The smallest absolute Gasteiger partial charge is 0.120 e. The maximum atomic E-state index is 8.65. The van der Waals surface area contributed by atoms with Crippen LogP contribution in [0.1, 0.15) is 40.3 Å². The quantitative estimate of drug-likeness (QED) is 0.161. The van der Waals surface area contributed by atoms with Gasteiger partial charge in [0.15, 0.2) is 0 Å². The van der Waals surface area contributed by atoms with Gasteiger partial charge in [-0.1, -0.05) is 22.4 Å². The Bertz CT molecular complexity index is 1240. The summed E-state index contributed by atoms with van der Waals surface area (Å²) >= 11 is 0. The van der Waals surface area contributed by atoms with Gasteiger partial charge in [-0.15, -0.1) is 0 Å². The molecule has 11 nitrogen and oxygen atoms in total. The Morgan fingerprint density at radius 3 is 1.41 bits per heavy atom. The molecule has 3 aromatic carbocycles. The van der Waals surface area contributed by atoms with Crippen LogP contribution in [0.5, 0.6) is 17.2 Å². The van der Waals surface area contributed by atoms with Crippen LogP contribution in [0.15, 0.2) is 64.8 Å². The van der Waals surface area contributed by atoms with Crippen LogP contribution < -0.4 is 25.7 Å². The molecule has 192 valence electrons. The lowest BCUT2D eigenvalue weighted by Crippen LogP contribution is -2.04. The molecule has 0 radical (unpaired) electrons. The Labute approximate surface area is 215 Å². The Balaban J connectivity index is 1.78. The summed E-state index contributed by atoms with van der Waals surface area (Å²) in [5.74, 6) is 1.98. The number of azide groups is 2. The maximum absolute atomic E-state index is 8.65. The van der Waals surface area contributed by atoms with E-state index in [4.69, 9.17) is 36.7 Å². The first-order valence-corrected chi connectivity index (χ1v) is 11.8. The van der Waals surface area contributed by atoms with E-state index in [0.29, 0.717) is 43.6 Å². The van der Waals surface area contributed by atoms with Crippen LogP contribution in [0.3, 0.4) is 0 Å². The standard InChI is InChI=1S/C26H30N8O3/c1-2-35-24-10-22(16-36-25-6-18(12-27)3-19(7-25)13-28)5-23(11-24)17-37-26-8-20(14-31-33-29)4-21(9-26)15-32-34-30/h3-11H,2,12-17,27-28H2,1H3. The number of hydrogen-bond acceptors (Lipinski definition) is 7. The molecule has 0 amide bonds. The number of rotatable bonds is 14. The van der Waals surface area contributed by atoms with E-state index in [1.54, 1.807) is 12.1 Å². The van der Waals surface area contributed by atoms with Crippen LogP contribution in [0.25, 0.3) is 20.9 Å². The minimum atomic E-state index is 0.162. The highest BCUT2D eigenvalue weighted by atomic mass is 16.5. The fraction of sp³-hybridized carbons (Fsp3) is 0.308. The van der Waals surface area contributed by atoms with Crippen LogP contribution in [0.2, 0.25) is 0 Å². The highest BCUT2D eigenvalue weighted by Gasteiger charge is 2.08. The van der Waals surface area contributed by atoms with Crippen molar-refractivity contribution in [2.75, 3.05) is 6.61 Å². The van der Waals surface area contributed by atoms with Crippen molar-refractivity contribution >= 4 is 0 Å². The highest BCUT2D eigenvalue weighted by molar-refractivity contribution is 5.38. The second kappa shape index (κ2) is 14.2. The SMILES string of the molecule is CCOc1cc(COc2cc(CN)cc(CN)c2)cc(COc2cc(CN=[N+]=[N-])cc(CN=[N+]=[N-])c2)c1. The molecular formula is C26H30N8O3. The van der Waals surface area contributed by atoms with Crippen molar-refractivity contribution in [3.05, 3.63) is 109 Å². The molecule has 0 saturated heterocycles. The van der Waals surface area contributed by atoms with Crippen LogP contribution >= 0.6 is 0 Å². The van der Waals surface area contributed by atoms with Crippen LogP contribution in [-0.2, 0) is 39.4 Å². The maximum Gasteiger partial charge on any atom is 0.120 e. The summed E-state index contributed by atoms with van der Waals surface area (Å²) in [6.07, 6.45) is 0. The Kier molecular flexibility index (Phi) is 10.5. The fourth-order valence-electron chi connectivity index (χ4n) is 3.75. The molecule has 0 fully saturated rings. The van der Waals surface area contributed by atoms with Gasteiger partial charge in [-0.2, -0.15) is 0 Å². The van der Waals surface area contributed by atoms with Crippen molar-refractivity contribution in [1.29, 1.82) is 0 Å². The normalized spacial score (nSPS) is 10.2. The zero-order valence-corrected chi connectivity index (χ0v) is 20.7. The largest absolute Gasteiger partial charge is 0.494 e. The molecule has 0 heterocycles. The summed E-state index contributed by atoms with van der Waals surface area (Å²) in [6.45, 7) is 4.16. The average Bonchev–Trinajstić information content (AvgIpc) is 2.92. The predicted octanol–water partition coefficient (Wildman–Crippen LogP) is 5.78. The van der Waals surface area contributed by atoms with Gasteiger partial charge in [0.05, 0.1) is 19.7 Å². The van der Waals surface area contributed by atoms with Gasteiger partial charge in [-0.3, -0.25) is 0 Å². The highest BCUT2D eigenvalue weighted by Crippen LogP contribution is 2.24. The van der Waals surface area contributed by atoms with Crippen molar-refractivity contribution in [3.63, 3.8) is 0 Å². The molecule has 0 atom stereocenters. The zero-order valence-electron chi connectivity index (χ0n) is 20.7. The first-order valence-electron chi connectivity index (χ1n) is 11.8. The van der Waals surface area contributed by atoms with Gasteiger partial charge in [0.25, 0.3) is 0 Å². The van der Waals surface area contributed by atoms with E-state index in [-0.39, 0.29) is 19.7 Å². The van der Waals surface area contributed by atoms with Crippen molar-refractivity contribution < 1.29 is 14.2 Å². The number of hydrogen-bond donors (Lipinski definition) is 2. The van der Waals surface area contributed by atoms with Gasteiger partial charge < -0.3 is 25.7 Å². The fourth-order valence-corrected chi connectivity index (χ4v) is 3.75. The number of nitrogens with zero attached hydrogens (tertiary/aromatic N) is 6. The van der Waals surface area contributed by atoms with E-state index >= 15 is 0 Å². The predicted molar refractivity (Wildman–Crippen MR) is 141 cm³/mol. The van der Waals surface area contributed by atoms with Crippen LogP contribution in [0.4, 0.5) is 0 Å². The zero-order chi connectivity index (χ0) is 26.5. The molecule has 0 aliphatic rings. The summed E-state index contributed by atoms with van der Waals surface area (Å²) in [5.41, 5.74) is 34.1. The molecule has 0 unspecified atom stereocenters. The number of benzene rings is 3. The molecule has 3 rings (SSSR count). The van der Waals surface area contributed by atoms with Crippen LogP contribution in [-0.4, -0.2) is 6.61 Å². The topological polar surface area (TPSA) is 177 Å². The monoisotopic (exact) mass is 502 g/mol. The molecule has 37 heavy (non-hydrogen) atoms. The molecule has 4 N–H and O–H groups in total. The van der Waals surface area contributed by atoms with E-state index in [1.165, 1.54) is 0 Å². The summed E-state index contributed by atoms with van der Waals surface area (Å²) in [4.78, 5) is 5.61. The molecule has 3 aromatic rings. The molecule has 11 heteroatoms. The van der Waals surface area contributed by atoms with Gasteiger partial charge in [0, 0.05) is 22.9 Å². The van der Waals surface area contributed by atoms with E-state index in [2.05, 4.69) is 20.1 Å². The Morgan fingerprint density at radius 2 is 0.973 bits per heavy atom. The van der Waals surface area contributed by atoms with Gasteiger partial charge in [0.2, 0.25) is 0 Å². The van der Waals surface area contributed by atoms with E-state index in [9.17, 15) is 0 Å². The van der Waals surface area contributed by atoms with Gasteiger partial charge in [-0.05, 0) is 93.8 Å². The van der Waals surface area contributed by atoms with E-state index in [0.717, 1.165) is 33.4 Å². The van der Waals surface area contributed by atoms with Crippen molar-refractivity contribution in [2.45, 2.75) is 46.3 Å². The molecule has 0 aliphatic carbocycles. The second-order valence-electron chi connectivity index (χ2n) is 8.15. The first kappa shape index (κ1) is 27.2. The Hall–Kier alpha value is -4.40. The van der Waals surface area contributed by atoms with E-state index < -0.39 is 0 Å². The molecular weight excluding hydrogens is 472 g/mol. The average molecular weight is 503 g/mol. The molecule has 0 spiro atoms. The third-order valence-electron chi connectivity index (χ3n) is 5.30. The summed E-state index contributed by atoms with van der Waals surface area (Å²) in [5, 5.41) is 7.22. The van der Waals surface area contributed by atoms with Gasteiger partial charge >= 0.3 is 0 Å².